The first-order chi connectivity index (χ1) is 66.5. The number of rotatable bonds is 6. The summed E-state index contributed by atoms with van der Waals surface area (Å²) < 4.78 is 7.10. The lowest BCUT2D eigenvalue weighted by Crippen LogP contribution is -2.26. The topological polar surface area (TPSA) is 92.1 Å². The molecule has 0 radical (unpaired) electrons. The summed E-state index contributed by atoms with van der Waals surface area (Å²) in [6, 6.07) is 137. The second-order valence-corrected chi connectivity index (χ2v) is 41.6. The Labute approximate surface area is 786 Å². The molecule has 25 aromatic rings. The van der Waals surface area contributed by atoms with Crippen LogP contribution in [0.3, 0.4) is 0 Å². The van der Waals surface area contributed by atoms with E-state index in [1.54, 1.807) is 23.5 Å². The van der Waals surface area contributed by atoms with Crippen molar-refractivity contribution in [3.63, 3.8) is 0 Å². The number of hydrogen-bond donors (Lipinski definition) is 0. The highest BCUT2D eigenvalue weighted by Crippen LogP contribution is 2.66. The maximum atomic E-state index is 6.04. The van der Waals surface area contributed by atoms with Gasteiger partial charge in [-0.05, 0) is 237 Å². The van der Waals surface area contributed by atoms with Crippen LogP contribution in [0.15, 0.2) is 393 Å². The van der Waals surface area contributed by atoms with Crippen molar-refractivity contribution in [2.45, 2.75) is 72.8 Å². The lowest BCUT2D eigenvalue weighted by Gasteiger charge is -2.31. The molecule has 32 rings (SSSR count). The number of para-hydroxylation sites is 3. The molecule has 0 amide bonds. The molecule has 0 bridgehead atoms. The molecule has 626 valence electrons. The Morgan fingerprint density at radius 1 is 0.252 bits per heavy atom. The molecule has 3 aliphatic heterocycles. The van der Waals surface area contributed by atoms with E-state index in [0.717, 1.165) is 127 Å². The van der Waals surface area contributed by atoms with Crippen molar-refractivity contribution in [3.05, 3.63) is 414 Å². The minimum absolute atomic E-state index is 0.307. The SMILES string of the molecule is CC1(C)c2cc3c(cc2-c2c1ccc1cc(-c4ccc5c(c4)-c4nc(-n6c7ccccc7c7c8ccccc8c8c(c76)-c6ccccc6C8(C)Cc6ccc7c(c6)-c6ccccc6C76c7ccccc7-c7cc8c9ccccc9n(-c9nc%10c%11c(cccc%11n9)Sc9ccccc9-%10)c8cc76)nc6cccc(c46)S5)ccc21)c1ccccc1n3-c1nc2c3c(cccc3n1)Sc1ccccc1-2. The first kappa shape index (κ1) is 73.8. The van der Waals surface area contributed by atoms with Gasteiger partial charge in [-0.2, -0.15) is 0 Å². The third-order valence-electron chi connectivity index (χ3n) is 31.3. The van der Waals surface area contributed by atoms with Crippen molar-refractivity contribution in [2.24, 2.45) is 0 Å². The molecule has 9 heterocycles. The smallest absolute Gasteiger partial charge is 0.235 e. The summed E-state index contributed by atoms with van der Waals surface area (Å²) in [5.74, 6) is 1.99. The lowest BCUT2D eigenvalue weighted by atomic mass is 9.70. The van der Waals surface area contributed by atoms with Gasteiger partial charge in [0.2, 0.25) is 17.8 Å². The predicted octanol–water partition coefficient (Wildman–Crippen LogP) is 31.4. The molecule has 7 aliphatic rings. The predicted molar refractivity (Wildman–Crippen MR) is 554 cm³/mol. The van der Waals surface area contributed by atoms with E-state index >= 15 is 0 Å². The number of fused-ring (bicyclic) bond motifs is 37. The molecule has 135 heavy (non-hydrogen) atoms. The van der Waals surface area contributed by atoms with Crippen LogP contribution in [-0.4, -0.2) is 43.6 Å². The van der Waals surface area contributed by atoms with Crippen LogP contribution in [0.2, 0.25) is 0 Å². The van der Waals surface area contributed by atoms with Gasteiger partial charge < -0.3 is 0 Å². The van der Waals surface area contributed by atoms with E-state index in [0.29, 0.717) is 17.8 Å². The van der Waals surface area contributed by atoms with Crippen LogP contribution in [0.4, 0.5) is 0 Å². The Bertz CT molecular complexity index is 9940. The van der Waals surface area contributed by atoms with E-state index in [-0.39, 0.29) is 5.41 Å². The average Bonchev–Trinajstić information content (AvgIpc) is 1.50. The van der Waals surface area contributed by atoms with Gasteiger partial charge >= 0.3 is 0 Å². The van der Waals surface area contributed by atoms with Crippen LogP contribution in [0.5, 0.6) is 0 Å². The van der Waals surface area contributed by atoms with Gasteiger partial charge in [-0.3, -0.25) is 13.7 Å². The van der Waals surface area contributed by atoms with Crippen LogP contribution in [0.25, 0.3) is 227 Å². The Morgan fingerprint density at radius 3 is 1.32 bits per heavy atom. The zero-order chi connectivity index (χ0) is 88.1. The number of nitrogens with zero attached hydrogens (tertiary/aromatic N) is 9. The zero-order valence-corrected chi connectivity index (χ0v) is 75.5. The summed E-state index contributed by atoms with van der Waals surface area (Å²) >= 11 is 5.42. The van der Waals surface area contributed by atoms with Crippen LogP contribution in [-0.2, 0) is 22.7 Å². The second-order valence-electron chi connectivity index (χ2n) is 38.3. The molecule has 2 unspecified atom stereocenters. The summed E-state index contributed by atoms with van der Waals surface area (Å²) in [5.41, 5.74) is 38.1. The summed E-state index contributed by atoms with van der Waals surface area (Å²) in [5, 5.41) is 15.3. The Balaban J connectivity index is 0.531. The molecule has 6 aromatic heterocycles. The molecule has 0 saturated carbocycles. The van der Waals surface area contributed by atoms with Crippen LogP contribution < -0.4 is 0 Å². The van der Waals surface area contributed by atoms with Gasteiger partial charge in [-0.1, -0.05) is 311 Å². The molecular formula is C123H71N9S3. The fourth-order valence-corrected chi connectivity index (χ4v) is 29.0. The molecule has 4 aliphatic carbocycles. The van der Waals surface area contributed by atoms with Crippen molar-refractivity contribution in [3.8, 4) is 107 Å². The van der Waals surface area contributed by atoms with Gasteiger partial charge in [0.15, 0.2) is 0 Å². The third-order valence-corrected chi connectivity index (χ3v) is 34.7. The van der Waals surface area contributed by atoms with E-state index in [2.05, 4.69) is 398 Å². The second kappa shape index (κ2) is 26.1. The van der Waals surface area contributed by atoms with Gasteiger partial charge in [-0.25, -0.2) is 29.9 Å². The summed E-state index contributed by atoms with van der Waals surface area (Å²) in [6.45, 7) is 7.32. The van der Waals surface area contributed by atoms with E-state index < -0.39 is 10.8 Å². The maximum Gasteiger partial charge on any atom is 0.235 e. The Kier molecular flexibility index (Phi) is 14.3. The quantitative estimate of drug-likeness (QED) is 0.161. The van der Waals surface area contributed by atoms with E-state index in [4.69, 9.17) is 29.9 Å². The molecule has 9 nitrogen and oxygen atoms in total. The Morgan fingerprint density at radius 2 is 0.704 bits per heavy atom. The van der Waals surface area contributed by atoms with E-state index in [1.807, 2.05) is 11.8 Å². The first-order valence-electron chi connectivity index (χ1n) is 46.5. The van der Waals surface area contributed by atoms with Crippen molar-refractivity contribution in [2.75, 3.05) is 0 Å². The van der Waals surface area contributed by atoms with Crippen LogP contribution in [0, 0.1) is 0 Å². The van der Waals surface area contributed by atoms with Crippen LogP contribution >= 0.6 is 35.3 Å². The fourth-order valence-electron chi connectivity index (χ4n) is 25.7. The average molecular weight is 1770 g/mol. The highest BCUT2D eigenvalue weighted by Gasteiger charge is 2.53. The minimum Gasteiger partial charge on any atom is -0.278 e. The summed E-state index contributed by atoms with van der Waals surface area (Å²) in [4.78, 5) is 41.1. The lowest BCUT2D eigenvalue weighted by molar-refractivity contribution is 0.587. The first-order valence-corrected chi connectivity index (χ1v) is 48.9. The highest BCUT2D eigenvalue weighted by molar-refractivity contribution is 8.00. The maximum absolute atomic E-state index is 6.04. The van der Waals surface area contributed by atoms with Crippen molar-refractivity contribution in [1.29, 1.82) is 0 Å². The molecule has 0 fully saturated rings. The molecule has 0 N–H and O–H groups in total. The van der Waals surface area contributed by atoms with Gasteiger partial charge in [0.05, 0.1) is 72.1 Å². The van der Waals surface area contributed by atoms with Crippen molar-refractivity contribution in [1.82, 2.24) is 43.6 Å². The van der Waals surface area contributed by atoms with Gasteiger partial charge in [0.25, 0.3) is 0 Å². The van der Waals surface area contributed by atoms with E-state index in [9.17, 15) is 0 Å². The fraction of sp³-hybridized carbons (Fsp3) is 0.0569. The molecular weight excluding hydrogens is 1700 g/mol. The van der Waals surface area contributed by atoms with Gasteiger partial charge in [-0.15, -0.1) is 0 Å². The van der Waals surface area contributed by atoms with Crippen LogP contribution in [0.1, 0.15) is 70.8 Å². The molecule has 0 saturated heterocycles. The van der Waals surface area contributed by atoms with Crippen molar-refractivity contribution >= 4 is 155 Å². The summed E-state index contributed by atoms with van der Waals surface area (Å²) in [6.07, 6.45) is 0.737. The minimum atomic E-state index is -0.646. The molecule has 1 spiro atoms. The largest absolute Gasteiger partial charge is 0.278 e. The monoisotopic (exact) mass is 1770 g/mol. The van der Waals surface area contributed by atoms with Gasteiger partial charge in [0, 0.05) is 111 Å². The highest BCUT2D eigenvalue weighted by atomic mass is 32.2. The standard InChI is InChI=1S/C123H71N9S3/c1-121(2)90-55-51-68-58-66(50-53-69(68)107(90)84-61-83-73-28-10-18-42-97(73)130(99(83)62-91(84)121)118-124-93-38-22-46-104-110(93)114(127-118)78-33-12-20-44-101(78)133-104)67-52-56-103-85(59-67)116-112-95(40-24-48-106(112)135-103)126-120(129-116)132-98-43-19-11-32-77(98)108-74-29-4-5-30-75(74)113-109(117(108)132)76-31-8-14-35-86(76)122(113,3)64-65-49-54-89-80(57-65)70-25-6-15-36-87(70)123(89)88-37-16-7-26-71(88)81-60-82-72-27-9-17-41-96(72)131(100(82)63-92(81)123)119-125-94-39-23-47-105-111(94)115(128-119)79-34-13-21-45-102(79)134-105/h4-63H,64H2,1-3H3. The third kappa shape index (κ3) is 9.48. The molecule has 2 atom stereocenters. The normalized spacial score (nSPS) is 16.0. The molecule has 12 heteroatoms. The number of benzene rings is 19. The van der Waals surface area contributed by atoms with Crippen molar-refractivity contribution < 1.29 is 0 Å². The van der Waals surface area contributed by atoms with Gasteiger partial charge in [0.1, 0.15) is 0 Å². The zero-order valence-electron chi connectivity index (χ0n) is 73.1. The number of hydrogen-bond acceptors (Lipinski definition) is 9. The molecule has 19 aromatic carbocycles. The summed E-state index contributed by atoms with van der Waals surface area (Å²) in [7, 11) is 0. The van der Waals surface area contributed by atoms with E-state index in [1.165, 1.54) is 168 Å². The Hall–Kier alpha value is -15.8. The number of aromatic nitrogens is 9.